The van der Waals surface area contributed by atoms with E-state index in [2.05, 4.69) is 20.9 Å². The average molecular weight is 358 g/mol. The molecule has 3 amide bonds. The molecule has 0 aromatic carbocycles. The van der Waals surface area contributed by atoms with Gasteiger partial charge in [-0.05, 0) is 18.3 Å². The van der Waals surface area contributed by atoms with E-state index in [0.29, 0.717) is 17.1 Å². The van der Waals surface area contributed by atoms with Crippen LogP contribution in [0.5, 0.6) is 0 Å². The van der Waals surface area contributed by atoms with Gasteiger partial charge in [-0.2, -0.15) is 0 Å². The minimum Gasteiger partial charge on any atom is -0.296 e. The fourth-order valence-electron chi connectivity index (χ4n) is 2.41. The maximum Gasteiger partial charge on any atom is 0.365 e. The molecule has 8 heteroatoms. The Hall–Kier alpha value is -1.57. The topological polar surface area (TPSA) is 73.1 Å². The number of unbranched alkanes of at least 4 members (excludes halogenated alkanes) is 1. The molecular formula is C13H18BrN4O3+. The summed E-state index contributed by atoms with van der Waals surface area (Å²) >= 11 is 3.27. The molecule has 2 rings (SSSR count). The molecule has 1 atom stereocenters. The molecule has 0 aromatic heterocycles. The number of hydrogen-bond donors (Lipinski definition) is 0. The van der Waals surface area contributed by atoms with Gasteiger partial charge in [0.1, 0.15) is 6.54 Å². The molecule has 0 aromatic rings. The van der Waals surface area contributed by atoms with Crippen LogP contribution in [-0.2, 0) is 9.59 Å². The lowest BCUT2D eigenvalue weighted by Crippen LogP contribution is -2.63. The van der Waals surface area contributed by atoms with Gasteiger partial charge in [0.05, 0.1) is 15.9 Å². The standard InChI is InChI=1S/C13H18BrN4O3/c1-4-5-6-17-11(20)9-10(16(3)13(17)21)15-12(14)18(9)7-8(2)19/h9H,4-7H2,1-3H3/q+1. The van der Waals surface area contributed by atoms with Crippen LogP contribution in [0.3, 0.4) is 0 Å². The van der Waals surface area contributed by atoms with Crippen LogP contribution in [-0.4, -0.2) is 68.9 Å². The van der Waals surface area contributed by atoms with Crippen LogP contribution in [0.25, 0.3) is 0 Å². The van der Waals surface area contributed by atoms with Gasteiger partial charge in [0.25, 0.3) is 17.8 Å². The molecular weight excluding hydrogens is 340 g/mol. The number of carbonyl (C=O) groups excluding carboxylic acids is 3. The van der Waals surface area contributed by atoms with Crippen LogP contribution in [0.15, 0.2) is 4.99 Å². The molecule has 1 fully saturated rings. The molecule has 0 aliphatic carbocycles. The van der Waals surface area contributed by atoms with Crippen molar-refractivity contribution < 1.29 is 19.0 Å². The summed E-state index contributed by atoms with van der Waals surface area (Å²) in [6.45, 7) is 3.91. The predicted octanol–water partition coefficient (Wildman–Crippen LogP) is 0.814. The number of amides is 3. The maximum atomic E-state index is 12.6. The number of likely N-dealkylation sites (N-methyl/N-ethyl adjacent to an activating group) is 1. The molecule has 21 heavy (non-hydrogen) atoms. The molecule has 0 radical (unpaired) electrons. The highest BCUT2D eigenvalue weighted by molar-refractivity contribution is 9.18. The number of imide groups is 1. The molecule has 0 saturated carbocycles. The third kappa shape index (κ3) is 2.76. The van der Waals surface area contributed by atoms with E-state index < -0.39 is 6.04 Å². The van der Waals surface area contributed by atoms with E-state index in [1.165, 1.54) is 16.7 Å². The minimum absolute atomic E-state index is 0.0733. The van der Waals surface area contributed by atoms with Crippen molar-refractivity contribution in [1.82, 2.24) is 9.80 Å². The summed E-state index contributed by atoms with van der Waals surface area (Å²) < 4.78 is 1.99. The third-order valence-corrected chi connectivity index (χ3v) is 4.12. The first-order valence-electron chi connectivity index (χ1n) is 6.84. The van der Waals surface area contributed by atoms with Crippen LogP contribution in [0.2, 0.25) is 0 Å². The Labute approximate surface area is 131 Å². The Morgan fingerprint density at radius 1 is 1.43 bits per heavy atom. The van der Waals surface area contributed by atoms with E-state index >= 15 is 0 Å². The number of nitrogens with zero attached hydrogens (tertiary/aromatic N) is 4. The van der Waals surface area contributed by atoms with Gasteiger partial charge >= 0.3 is 10.8 Å². The van der Waals surface area contributed by atoms with E-state index in [9.17, 15) is 14.4 Å². The Bertz CT molecular complexity index is 570. The summed E-state index contributed by atoms with van der Waals surface area (Å²) in [5.74, 6) is -0.0252. The third-order valence-electron chi connectivity index (χ3n) is 3.49. The van der Waals surface area contributed by atoms with Crippen LogP contribution in [0.4, 0.5) is 4.79 Å². The van der Waals surface area contributed by atoms with E-state index in [-0.39, 0.29) is 24.3 Å². The first-order chi connectivity index (χ1) is 9.88. The quantitative estimate of drug-likeness (QED) is 0.539. The SMILES string of the molecule is CCCCN1C(=O)C2C(=NC(Br)=[N+]2CC(C)=O)N(C)C1=O. The van der Waals surface area contributed by atoms with Crippen LogP contribution in [0, 0.1) is 0 Å². The summed E-state index contributed by atoms with van der Waals surface area (Å²) in [5.41, 5.74) is 0. The Kier molecular flexibility index (Phi) is 4.55. The van der Waals surface area contributed by atoms with Gasteiger partial charge in [0.2, 0.25) is 0 Å². The molecule has 1 unspecified atom stereocenters. The smallest absolute Gasteiger partial charge is 0.296 e. The number of hydrogen-bond acceptors (Lipinski definition) is 4. The second-order valence-electron chi connectivity index (χ2n) is 5.16. The van der Waals surface area contributed by atoms with Gasteiger partial charge in [-0.1, -0.05) is 13.3 Å². The summed E-state index contributed by atoms with van der Waals surface area (Å²) in [6.07, 6.45) is 1.64. The van der Waals surface area contributed by atoms with Crippen molar-refractivity contribution in [3.8, 4) is 0 Å². The summed E-state index contributed by atoms with van der Waals surface area (Å²) in [7, 11) is 1.59. The normalized spacial score (nSPS) is 21.9. The Morgan fingerprint density at radius 3 is 2.67 bits per heavy atom. The van der Waals surface area contributed by atoms with Gasteiger partial charge in [-0.15, -0.1) is 0 Å². The molecule has 0 bridgehead atoms. The van der Waals surface area contributed by atoms with Crippen molar-refractivity contribution in [2.75, 3.05) is 20.1 Å². The zero-order valence-electron chi connectivity index (χ0n) is 12.3. The number of halogens is 1. The number of carbonyl (C=O) groups is 3. The van der Waals surface area contributed by atoms with Crippen LogP contribution >= 0.6 is 15.9 Å². The van der Waals surface area contributed by atoms with Gasteiger partial charge in [-0.25, -0.2) is 9.37 Å². The highest BCUT2D eigenvalue weighted by atomic mass is 79.9. The molecule has 114 valence electrons. The number of fused-ring (bicyclic) bond motifs is 1. The number of rotatable bonds is 5. The first kappa shape index (κ1) is 15.8. The molecule has 7 nitrogen and oxygen atoms in total. The fourth-order valence-corrected chi connectivity index (χ4v) is 2.92. The summed E-state index contributed by atoms with van der Waals surface area (Å²) in [4.78, 5) is 43.1. The number of amidine groups is 2. The molecule has 0 N–H and O–H groups in total. The molecule has 0 spiro atoms. The number of urea groups is 1. The van der Waals surface area contributed by atoms with E-state index in [1.54, 1.807) is 11.6 Å². The fraction of sp³-hybridized carbons (Fsp3) is 0.615. The van der Waals surface area contributed by atoms with E-state index in [0.717, 1.165) is 12.8 Å². The van der Waals surface area contributed by atoms with Gasteiger partial charge in [-0.3, -0.25) is 19.4 Å². The molecule has 1 saturated heterocycles. The van der Waals surface area contributed by atoms with Crippen molar-refractivity contribution >= 4 is 44.2 Å². The maximum absolute atomic E-state index is 12.6. The van der Waals surface area contributed by atoms with Crippen molar-refractivity contribution in [2.24, 2.45) is 4.99 Å². The van der Waals surface area contributed by atoms with E-state index in [1.807, 2.05) is 6.92 Å². The molecule has 2 heterocycles. The first-order valence-corrected chi connectivity index (χ1v) is 7.64. The lowest BCUT2D eigenvalue weighted by Gasteiger charge is -2.32. The van der Waals surface area contributed by atoms with Crippen molar-refractivity contribution in [1.29, 1.82) is 0 Å². The largest absolute Gasteiger partial charge is 0.365 e. The van der Waals surface area contributed by atoms with Gasteiger partial charge in [0, 0.05) is 13.6 Å². The predicted molar refractivity (Wildman–Crippen MR) is 80.7 cm³/mol. The lowest BCUT2D eigenvalue weighted by atomic mass is 10.1. The zero-order valence-corrected chi connectivity index (χ0v) is 13.9. The molecule has 2 aliphatic rings. The monoisotopic (exact) mass is 357 g/mol. The zero-order chi connectivity index (χ0) is 15.7. The number of Topliss-reactive ketones (excluding diaryl/α,β-unsaturated/α-hetero) is 1. The average Bonchev–Trinajstić information content (AvgIpc) is 2.73. The number of ketones is 1. The highest BCUT2D eigenvalue weighted by Crippen LogP contribution is 2.21. The van der Waals surface area contributed by atoms with Crippen molar-refractivity contribution in [3.05, 3.63) is 0 Å². The van der Waals surface area contributed by atoms with Crippen molar-refractivity contribution in [3.63, 3.8) is 0 Å². The van der Waals surface area contributed by atoms with Crippen LogP contribution in [0.1, 0.15) is 26.7 Å². The highest BCUT2D eigenvalue weighted by Gasteiger charge is 2.53. The van der Waals surface area contributed by atoms with Gasteiger partial charge < -0.3 is 0 Å². The minimum atomic E-state index is -0.706. The second kappa shape index (κ2) is 6.05. The Morgan fingerprint density at radius 2 is 2.10 bits per heavy atom. The Balaban J connectivity index is 2.34. The second-order valence-corrected chi connectivity index (χ2v) is 5.87. The molecule has 2 aliphatic heterocycles. The van der Waals surface area contributed by atoms with Gasteiger partial charge in [0.15, 0.2) is 5.78 Å². The lowest BCUT2D eigenvalue weighted by molar-refractivity contribution is -0.521. The summed E-state index contributed by atoms with van der Waals surface area (Å²) in [6, 6.07) is -1.07. The van der Waals surface area contributed by atoms with Crippen LogP contribution < -0.4 is 0 Å². The van der Waals surface area contributed by atoms with E-state index in [4.69, 9.17) is 0 Å². The van der Waals surface area contributed by atoms with Crippen molar-refractivity contribution in [2.45, 2.75) is 32.7 Å². The summed E-state index contributed by atoms with van der Waals surface area (Å²) in [5, 5.41) is 0. The number of aliphatic imine (C=N–C) groups is 1.